The van der Waals surface area contributed by atoms with Crippen LogP contribution in [0.5, 0.6) is 0 Å². The summed E-state index contributed by atoms with van der Waals surface area (Å²) in [7, 11) is -3.69. The quantitative estimate of drug-likeness (QED) is 0.625. The van der Waals surface area contributed by atoms with Gasteiger partial charge in [-0.15, -0.1) is 5.10 Å². The molecule has 0 fully saturated rings. The maximum atomic E-state index is 11.7. The Balaban J connectivity index is 2.29. The van der Waals surface area contributed by atoms with Crippen molar-refractivity contribution >= 4 is 21.7 Å². The number of sulfonamides is 1. The maximum absolute atomic E-state index is 11.7. The summed E-state index contributed by atoms with van der Waals surface area (Å²) < 4.78 is 25.6. The van der Waals surface area contributed by atoms with Crippen LogP contribution in [-0.2, 0) is 10.0 Å². The van der Waals surface area contributed by atoms with Crippen molar-refractivity contribution < 1.29 is 8.42 Å². The number of hydrogen-bond donors (Lipinski definition) is 3. The summed E-state index contributed by atoms with van der Waals surface area (Å²) in [6.07, 6.45) is 0. The van der Waals surface area contributed by atoms with E-state index < -0.39 is 10.0 Å². The average molecular weight is 240 g/mol. The van der Waals surface area contributed by atoms with Gasteiger partial charge in [-0.25, -0.2) is 13.1 Å². The molecule has 84 valence electrons. The lowest BCUT2D eigenvalue weighted by Crippen LogP contribution is -2.14. The third-order valence-corrected chi connectivity index (χ3v) is 3.11. The summed E-state index contributed by atoms with van der Waals surface area (Å²) >= 11 is 0. The summed E-state index contributed by atoms with van der Waals surface area (Å²) in [5, 5.41) is 12.3. The maximum Gasteiger partial charge on any atom is 0.276 e. The number of rotatable bonds is 3. The molecule has 0 aliphatic carbocycles. The summed E-state index contributed by atoms with van der Waals surface area (Å²) in [6, 6.07) is 5.76. The van der Waals surface area contributed by atoms with E-state index >= 15 is 0 Å². The second-order valence-electron chi connectivity index (χ2n) is 2.91. The van der Waals surface area contributed by atoms with Gasteiger partial charge in [0.15, 0.2) is 0 Å². The van der Waals surface area contributed by atoms with Crippen molar-refractivity contribution in [2.75, 3.05) is 10.5 Å². The molecule has 8 nitrogen and oxygen atoms in total. The highest BCUT2D eigenvalue weighted by Gasteiger charge is 2.15. The van der Waals surface area contributed by atoms with Crippen LogP contribution in [-0.4, -0.2) is 29.0 Å². The molecule has 0 radical (unpaired) electrons. The zero-order valence-electron chi connectivity index (χ0n) is 7.95. The Bertz CT molecular complexity index is 561. The van der Waals surface area contributed by atoms with Crippen LogP contribution in [0.15, 0.2) is 29.2 Å². The normalized spacial score (nSPS) is 11.2. The number of tetrazole rings is 1. The van der Waals surface area contributed by atoms with Gasteiger partial charge in [-0.2, -0.15) is 5.21 Å². The van der Waals surface area contributed by atoms with Crippen molar-refractivity contribution in [1.82, 2.24) is 20.6 Å². The first-order valence-corrected chi connectivity index (χ1v) is 5.68. The van der Waals surface area contributed by atoms with Gasteiger partial charge in [0.05, 0.1) is 4.90 Å². The summed E-state index contributed by atoms with van der Waals surface area (Å²) in [4.78, 5) is 0.0755. The molecular weight excluding hydrogens is 232 g/mol. The van der Waals surface area contributed by atoms with Gasteiger partial charge in [0.25, 0.3) is 16.0 Å². The monoisotopic (exact) mass is 240 g/mol. The molecule has 1 aromatic carbocycles. The van der Waals surface area contributed by atoms with E-state index in [0.29, 0.717) is 5.69 Å². The second-order valence-corrected chi connectivity index (χ2v) is 4.59. The number of H-pyrrole nitrogens is 1. The number of anilines is 2. The van der Waals surface area contributed by atoms with E-state index in [1.807, 2.05) is 0 Å². The van der Waals surface area contributed by atoms with Crippen molar-refractivity contribution in [1.29, 1.82) is 0 Å². The molecule has 0 amide bonds. The predicted molar refractivity (Wildman–Crippen MR) is 55.8 cm³/mol. The van der Waals surface area contributed by atoms with Crippen molar-refractivity contribution in [3.05, 3.63) is 24.3 Å². The van der Waals surface area contributed by atoms with E-state index in [1.54, 1.807) is 0 Å². The van der Waals surface area contributed by atoms with Crippen LogP contribution in [0.1, 0.15) is 0 Å². The lowest BCUT2D eigenvalue weighted by Gasteiger charge is -2.03. The van der Waals surface area contributed by atoms with Crippen LogP contribution in [0.3, 0.4) is 0 Å². The van der Waals surface area contributed by atoms with Crippen LogP contribution in [0, 0.1) is 0 Å². The minimum absolute atomic E-state index is 0.0755. The van der Waals surface area contributed by atoms with Gasteiger partial charge in [-0.3, -0.25) is 0 Å². The number of benzene rings is 1. The van der Waals surface area contributed by atoms with Crippen LogP contribution in [0.25, 0.3) is 0 Å². The van der Waals surface area contributed by atoms with E-state index in [9.17, 15) is 8.42 Å². The van der Waals surface area contributed by atoms with Gasteiger partial charge >= 0.3 is 0 Å². The zero-order valence-corrected chi connectivity index (χ0v) is 8.77. The van der Waals surface area contributed by atoms with E-state index in [2.05, 4.69) is 25.3 Å². The molecule has 0 aliphatic heterocycles. The minimum Gasteiger partial charge on any atom is -0.399 e. The van der Waals surface area contributed by atoms with Gasteiger partial charge < -0.3 is 5.73 Å². The largest absolute Gasteiger partial charge is 0.399 e. The molecule has 9 heteroatoms. The van der Waals surface area contributed by atoms with E-state index in [0.717, 1.165) is 0 Å². The Morgan fingerprint density at radius 2 is 1.94 bits per heavy atom. The summed E-state index contributed by atoms with van der Waals surface area (Å²) in [5.41, 5.74) is 5.94. The standard InChI is InChI=1S/C7H8N6O2S/c8-5-1-3-6(4-2-5)16(14,15)11-7-9-12-13-10-7/h1-4H,8H2,(H2,9,10,11,12,13). The predicted octanol–water partition coefficient (Wildman–Crippen LogP) is -0.417. The Labute approximate surface area is 90.9 Å². The van der Waals surface area contributed by atoms with Crippen LogP contribution >= 0.6 is 0 Å². The Morgan fingerprint density at radius 1 is 1.25 bits per heavy atom. The van der Waals surface area contributed by atoms with Gasteiger partial charge in [-0.1, -0.05) is 5.10 Å². The van der Waals surface area contributed by atoms with Gasteiger partial charge in [0.2, 0.25) is 0 Å². The fraction of sp³-hybridized carbons (Fsp3) is 0. The van der Waals surface area contributed by atoms with Crippen LogP contribution in [0.4, 0.5) is 11.6 Å². The molecular formula is C7H8N6O2S. The first kappa shape index (κ1) is 10.4. The third kappa shape index (κ3) is 2.08. The van der Waals surface area contributed by atoms with Crippen molar-refractivity contribution in [3.63, 3.8) is 0 Å². The van der Waals surface area contributed by atoms with Gasteiger partial charge in [0.1, 0.15) is 0 Å². The van der Waals surface area contributed by atoms with Crippen LogP contribution < -0.4 is 10.5 Å². The first-order chi connectivity index (χ1) is 7.58. The Morgan fingerprint density at radius 3 is 2.50 bits per heavy atom. The van der Waals surface area contributed by atoms with E-state index in [-0.39, 0.29) is 10.8 Å². The molecule has 0 spiro atoms. The topological polar surface area (TPSA) is 127 Å². The molecule has 1 heterocycles. The Hall–Kier alpha value is -2.16. The third-order valence-electron chi connectivity index (χ3n) is 1.76. The number of nitrogens with zero attached hydrogens (tertiary/aromatic N) is 3. The SMILES string of the molecule is Nc1ccc(S(=O)(=O)Nc2nn[nH]n2)cc1. The van der Waals surface area contributed by atoms with E-state index in [4.69, 9.17) is 5.73 Å². The number of hydrogen-bond acceptors (Lipinski definition) is 6. The fourth-order valence-electron chi connectivity index (χ4n) is 1.03. The molecule has 0 unspecified atom stereocenters. The molecule has 0 saturated heterocycles. The summed E-state index contributed by atoms with van der Waals surface area (Å²) in [6.45, 7) is 0. The van der Waals surface area contributed by atoms with Crippen molar-refractivity contribution in [2.45, 2.75) is 4.90 Å². The lowest BCUT2D eigenvalue weighted by atomic mass is 10.3. The first-order valence-electron chi connectivity index (χ1n) is 4.20. The highest BCUT2D eigenvalue weighted by molar-refractivity contribution is 7.92. The molecule has 2 aromatic rings. The molecule has 0 atom stereocenters. The highest BCUT2D eigenvalue weighted by atomic mass is 32.2. The smallest absolute Gasteiger partial charge is 0.276 e. The van der Waals surface area contributed by atoms with Crippen LogP contribution in [0.2, 0.25) is 0 Å². The average Bonchev–Trinajstić information content (AvgIpc) is 2.70. The molecule has 16 heavy (non-hydrogen) atoms. The second kappa shape index (κ2) is 3.77. The summed E-state index contributed by atoms with van der Waals surface area (Å²) in [5.74, 6) is -0.114. The highest BCUT2D eigenvalue weighted by Crippen LogP contribution is 2.13. The number of aromatic nitrogens is 4. The number of nitrogens with two attached hydrogens (primary N) is 1. The molecule has 0 saturated carbocycles. The molecule has 0 aliphatic rings. The Kier molecular flexibility index (Phi) is 2.44. The molecule has 2 rings (SSSR count). The minimum atomic E-state index is -3.69. The van der Waals surface area contributed by atoms with Gasteiger partial charge in [0, 0.05) is 5.69 Å². The molecule has 1 aromatic heterocycles. The number of nitrogen functional groups attached to an aromatic ring is 1. The van der Waals surface area contributed by atoms with Crippen molar-refractivity contribution in [2.24, 2.45) is 0 Å². The number of nitrogens with one attached hydrogen (secondary N) is 2. The molecule has 0 bridgehead atoms. The molecule has 4 N–H and O–H groups in total. The van der Waals surface area contributed by atoms with E-state index in [1.165, 1.54) is 24.3 Å². The van der Waals surface area contributed by atoms with Gasteiger partial charge in [-0.05, 0) is 29.5 Å². The van der Waals surface area contributed by atoms with Crippen molar-refractivity contribution in [3.8, 4) is 0 Å². The number of aromatic amines is 1. The zero-order chi connectivity index (χ0) is 11.6. The lowest BCUT2D eigenvalue weighted by molar-refractivity contribution is 0.601. The fourth-order valence-corrected chi connectivity index (χ4v) is 1.97.